The number of carbonyl (C=O) groups is 3. The molecule has 11 atom stereocenters. The molecule has 13 heteroatoms. The second-order valence-corrected chi connectivity index (χ2v) is 33.6. The number of nitrogens with zero attached hydrogens (tertiary/aromatic N) is 1. The van der Waals surface area contributed by atoms with Crippen LogP contribution in [0.3, 0.4) is 0 Å². The van der Waals surface area contributed by atoms with Crippen molar-refractivity contribution in [1.82, 2.24) is 9.55 Å². The van der Waals surface area contributed by atoms with E-state index < -0.39 is 62.2 Å². The molecule has 5 fully saturated rings. The molecule has 6 unspecified atom stereocenters. The first-order valence-corrected chi connectivity index (χ1v) is 30.7. The molecule has 50 heavy (non-hydrogen) atoms. The van der Waals surface area contributed by atoms with Crippen LogP contribution in [0.2, 0.25) is 14.8 Å². The molecule has 1 aliphatic heterocycles. The van der Waals surface area contributed by atoms with Crippen LogP contribution in [-0.4, -0.2) is 76.8 Å². The van der Waals surface area contributed by atoms with Gasteiger partial charge in [0.1, 0.15) is 11.9 Å². The van der Waals surface area contributed by atoms with Gasteiger partial charge >= 0.3 is 178 Å². The zero-order valence-electron chi connectivity index (χ0n) is 30.7. The second kappa shape index (κ2) is 14.5. The first kappa shape index (κ1) is 37.9. The molecular formula is C37H56N2O9PSn+. The van der Waals surface area contributed by atoms with E-state index in [1.807, 2.05) is 0 Å². The van der Waals surface area contributed by atoms with Gasteiger partial charge in [-0.3, -0.25) is 4.79 Å². The number of H-pyrrole nitrogens is 1. The van der Waals surface area contributed by atoms with Crippen LogP contribution >= 0.6 is 7.80 Å². The predicted molar refractivity (Wildman–Crippen MR) is 192 cm³/mol. The Morgan fingerprint density at radius 2 is 1.68 bits per heavy atom. The number of hydrogen-bond acceptors (Lipinski definition) is 9. The summed E-state index contributed by atoms with van der Waals surface area (Å²) in [5.41, 5.74) is -0.793. The molecule has 0 radical (unpaired) electrons. The van der Waals surface area contributed by atoms with Crippen molar-refractivity contribution < 1.29 is 33.2 Å². The van der Waals surface area contributed by atoms with Gasteiger partial charge in [-0.1, -0.05) is 13.8 Å². The third-order valence-corrected chi connectivity index (χ3v) is 20.0. The number of fused-ring (bicyclic) bond motifs is 5. The van der Waals surface area contributed by atoms with Crippen LogP contribution in [0, 0.1) is 34.5 Å². The van der Waals surface area contributed by atoms with Crippen LogP contribution in [0.15, 0.2) is 15.8 Å². The minimum atomic E-state index is -2.88. The Kier molecular flexibility index (Phi) is 11.0. The number of ketones is 1. The van der Waals surface area contributed by atoms with Gasteiger partial charge in [-0.25, -0.2) is 0 Å². The number of esters is 2. The van der Waals surface area contributed by atoms with E-state index >= 15 is 0 Å². The van der Waals surface area contributed by atoms with Gasteiger partial charge in [-0.2, -0.15) is 0 Å². The first-order valence-electron chi connectivity index (χ1n) is 18.8. The molecule has 6 rings (SSSR count). The molecule has 0 bridgehead atoms. The minimum absolute atomic E-state index is 0.0783. The molecule has 4 aliphatic carbocycles. The summed E-state index contributed by atoms with van der Waals surface area (Å²) in [6, 6.07) is 0. The van der Waals surface area contributed by atoms with Crippen molar-refractivity contribution in [1.29, 1.82) is 0 Å². The topological polar surface area (TPSA) is 151 Å². The van der Waals surface area contributed by atoms with Gasteiger partial charge in [-0.05, 0) is 74.0 Å². The van der Waals surface area contributed by atoms with E-state index in [0.29, 0.717) is 52.0 Å². The molecule has 1 N–H and O–H groups in total. The smallest absolute Gasteiger partial charge is 0.300 e. The molecule has 4 saturated carbocycles. The van der Waals surface area contributed by atoms with Crippen molar-refractivity contribution in [2.24, 2.45) is 34.5 Å². The van der Waals surface area contributed by atoms with Crippen LogP contribution < -0.4 is 14.8 Å². The Morgan fingerprint density at radius 3 is 2.38 bits per heavy atom. The number of rotatable bonds is 10. The minimum Gasteiger partial charge on any atom is -0.300 e. The number of hydrogen-bond donors (Lipinski definition) is 1. The Morgan fingerprint density at radius 1 is 0.980 bits per heavy atom. The molecule has 0 spiro atoms. The SMILES string of the molecule is C[P+](=O)CCC1OC(n2c[c]([Sn]([CH3])([CH3])[CH3])c(=O)[nH]c2=O)CC1OC(=O)CCC(=O)O[C@H]1CC[C@H]2C3CC[C@H]4CC(=O)CC[C@]4(C)C3CC[C@]12C. The van der Waals surface area contributed by atoms with E-state index in [1.165, 1.54) is 4.57 Å². The maximum absolute atomic E-state index is 13.2. The van der Waals surface area contributed by atoms with Crippen LogP contribution in [0.1, 0.15) is 104 Å². The Bertz CT molecular complexity index is 1640. The first-order chi connectivity index (χ1) is 23.5. The molecule has 5 aliphatic rings. The summed E-state index contributed by atoms with van der Waals surface area (Å²) in [4.78, 5) is 72.6. The number of carbonyl (C=O) groups excluding carboxylic acids is 3. The Hall–Kier alpha value is -1.85. The van der Waals surface area contributed by atoms with Crippen molar-refractivity contribution in [2.45, 2.75) is 137 Å². The van der Waals surface area contributed by atoms with E-state index in [-0.39, 0.29) is 41.8 Å². The number of nitrogens with one attached hydrogen (secondary N) is 1. The van der Waals surface area contributed by atoms with Gasteiger partial charge < -0.3 is 0 Å². The average molecular weight is 823 g/mol. The standard InChI is InChI=1S/C34H46N2O9P.3CH3.Sn/c1-33-14-10-21(37)18-20(33)4-5-22-23-6-7-27(34(23,2)15-11-24(22)33)45-31(40)9-8-30(39)44-26-19-29(43-25(26)13-17-46(3)42)36-16-12-28(38)35-32(36)41;;;;/h16,20,22-27,29H,4-11,13-15,17-19H2,1-3H3;3*1H3;/p+1/t20-,22?,23-,24?,25?,26?,27-,29?,33-,34-;;;;/m0..../s1. The third-order valence-electron chi connectivity index (χ3n) is 13.5. The molecule has 0 aromatic carbocycles. The van der Waals surface area contributed by atoms with Crippen molar-refractivity contribution in [2.75, 3.05) is 12.8 Å². The molecule has 276 valence electrons. The fourth-order valence-corrected chi connectivity index (χ4v) is 14.9. The number of ether oxygens (including phenoxy) is 3. The fraction of sp³-hybridized carbons (Fsp3) is 0.811. The quantitative estimate of drug-likeness (QED) is 0.185. The predicted octanol–water partition coefficient (Wildman–Crippen LogP) is 5.43. The van der Waals surface area contributed by atoms with E-state index in [9.17, 15) is 28.5 Å². The molecule has 1 aromatic rings. The van der Waals surface area contributed by atoms with Gasteiger partial charge in [-0.15, -0.1) is 0 Å². The summed E-state index contributed by atoms with van der Waals surface area (Å²) in [6.45, 7) is 6.37. The summed E-state index contributed by atoms with van der Waals surface area (Å²) in [5, 5.41) is 0. The van der Waals surface area contributed by atoms with Gasteiger partial charge in [0.05, 0.1) is 0 Å². The molecule has 1 aromatic heterocycles. The van der Waals surface area contributed by atoms with E-state index in [1.54, 1.807) is 12.9 Å². The summed E-state index contributed by atoms with van der Waals surface area (Å²) in [6.07, 6.45) is 8.91. The van der Waals surface area contributed by atoms with Crippen molar-refractivity contribution >= 4 is 47.5 Å². The molecule has 0 amide bonds. The summed E-state index contributed by atoms with van der Waals surface area (Å²) < 4.78 is 32.2. The maximum atomic E-state index is 13.2. The Labute approximate surface area is 300 Å². The molecule has 1 saturated heterocycles. The van der Waals surface area contributed by atoms with Crippen LogP contribution in [-0.2, 0) is 33.2 Å². The molecular weight excluding hydrogens is 766 g/mol. The summed E-state index contributed by atoms with van der Waals surface area (Å²) in [5.74, 6) is 1.73. The van der Waals surface area contributed by atoms with Crippen molar-refractivity contribution in [3.63, 3.8) is 0 Å². The third kappa shape index (κ3) is 7.48. The normalized spacial score (nSPS) is 37.0. The van der Waals surface area contributed by atoms with Crippen molar-refractivity contribution in [3.05, 3.63) is 27.0 Å². The summed E-state index contributed by atoms with van der Waals surface area (Å²) >= 11 is -2.88. The number of Topliss-reactive ketones (excluding diaryl/α,β-unsaturated/α-hetero) is 1. The van der Waals surface area contributed by atoms with E-state index in [0.717, 1.165) is 51.4 Å². The van der Waals surface area contributed by atoms with Crippen LogP contribution in [0.25, 0.3) is 0 Å². The fourth-order valence-electron chi connectivity index (χ4n) is 10.6. The Balaban J connectivity index is 1.05. The van der Waals surface area contributed by atoms with Gasteiger partial charge in [0.15, 0.2) is 0 Å². The van der Waals surface area contributed by atoms with Gasteiger partial charge in [0, 0.05) is 18.3 Å². The monoisotopic (exact) mass is 823 g/mol. The molecule has 11 nitrogen and oxygen atoms in total. The molecule has 2 heterocycles. The number of aromatic amines is 1. The van der Waals surface area contributed by atoms with Gasteiger partial charge in [0.25, 0.3) is 0 Å². The van der Waals surface area contributed by atoms with Crippen LogP contribution in [0.5, 0.6) is 0 Å². The average Bonchev–Trinajstić information content (AvgIpc) is 3.58. The van der Waals surface area contributed by atoms with Gasteiger partial charge in [0.2, 0.25) is 0 Å². The van der Waals surface area contributed by atoms with Crippen LogP contribution in [0.4, 0.5) is 0 Å². The van der Waals surface area contributed by atoms with Crippen molar-refractivity contribution in [3.8, 4) is 0 Å². The zero-order chi connectivity index (χ0) is 36.2. The van der Waals surface area contributed by atoms with E-state index in [4.69, 9.17) is 14.2 Å². The van der Waals surface area contributed by atoms with E-state index in [2.05, 4.69) is 33.7 Å². The number of aromatic nitrogens is 2. The zero-order valence-corrected chi connectivity index (χ0v) is 34.4. The second-order valence-electron chi connectivity index (χ2n) is 17.5. The summed E-state index contributed by atoms with van der Waals surface area (Å²) in [7, 11) is -1.45.